The third-order valence-electron chi connectivity index (χ3n) is 5.76. The third kappa shape index (κ3) is 8.54. The van der Waals surface area contributed by atoms with Crippen LogP contribution in [0.4, 0.5) is 0 Å². The molecule has 158 valence electrons. The summed E-state index contributed by atoms with van der Waals surface area (Å²) >= 11 is 0. The predicted octanol–water partition coefficient (Wildman–Crippen LogP) is 4.28. The molecule has 3 atom stereocenters. The molecular weight excluding hydrogens is 342 g/mol. The van der Waals surface area contributed by atoms with Crippen LogP contribution in [0.3, 0.4) is 0 Å². The van der Waals surface area contributed by atoms with Crippen molar-refractivity contribution in [2.24, 2.45) is 16.7 Å². The van der Waals surface area contributed by atoms with Crippen LogP contribution in [0.15, 0.2) is 0 Å². The van der Waals surface area contributed by atoms with Gasteiger partial charge in [0.2, 0.25) is 0 Å². The minimum absolute atomic E-state index is 0.0263. The molecule has 27 heavy (non-hydrogen) atoms. The average Bonchev–Trinajstić information content (AvgIpc) is 2.58. The SMILES string of the molecule is CCCCC(=O)C(C)CC(C)(CC(C)(CC)C(=O)OCCN(C)C)C(C)=O. The third-order valence-corrected chi connectivity index (χ3v) is 5.76. The maximum atomic E-state index is 12.7. The monoisotopic (exact) mass is 383 g/mol. The molecule has 0 amide bonds. The molecule has 0 fully saturated rings. The van der Waals surface area contributed by atoms with Crippen molar-refractivity contribution < 1.29 is 19.1 Å². The van der Waals surface area contributed by atoms with Crippen LogP contribution in [0.5, 0.6) is 0 Å². The van der Waals surface area contributed by atoms with Crippen molar-refractivity contribution in [2.45, 2.75) is 80.1 Å². The predicted molar refractivity (Wildman–Crippen MR) is 110 cm³/mol. The molecule has 0 spiro atoms. The Kier molecular flexibility index (Phi) is 11.0. The lowest BCUT2D eigenvalue weighted by Gasteiger charge is -2.37. The van der Waals surface area contributed by atoms with E-state index in [1.54, 1.807) is 6.92 Å². The van der Waals surface area contributed by atoms with E-state index in [0.717, 1.165) is 12.8 Å². The summed E-state index contributed by atoms with van der Waals surface area (Å²) in [6, 6.07) is 0. The number of hydrogen-bond acceptors (Lipinski definition) is 5. The Bertz CT molecular complexity index is 503. The highest BCUT2D eigenvalue weighted by atomic mass is 16.5. The van der Waals surface area contributed by atoms with E-state index < -0.39 is 10.8 Å². The Morgan fingerprint density at radius 2 is 1.67 bits per heavy atom. The highest BCUT2D eigenvalue weighted by Crippen LogP contribution is 2.42. The van der Waals surface area contributed by atoms with Crippen LogP contribution < -0.4 is 0 Å². The van der Waals surface area contributed by atoms with Crippen molar-refractivity contribution >= 4 is 17.5 Å². The fourth-order valence-electron chi connectivity index (χ4n) is 3.43. The first-order valence-electron chi connectivity index (χ1n) is 10.3. The summed E-state index contributed by atoms with van der Waals surface area (Å²) < 4.78 is 5.48. The number of carbonyl (C=O) groups excluding carboxylic acids is 3. The Morgan fingerprint density at radius 1 is 1.07 bits per heavy atom. The minimum atomic E-state index is -0.737. The standard InChI is InChI=1S/C22H41NO4/c1-9-11-12-19(25)17(3)15-22(6,18(4)24)16-21(5,10-2)20(26)27-14-13-23(7)8/h17H,9-16H2,1-8H3. The van der Waals surface area contributed by atoms with Crippen molar-refractivity contribution in [1.29, 1.82) is 0 Å². The number of rotatable bonds is 14. The van der Waals surface area contributed by atoms with E-state index in [0.29, 0.717) is 38.8 Å². The van der Waals surface area contributed by atoms with Gasteiger partial charge < -0.3 is 9.64 Å². The van der Waals surface area contributed by atoms with Crippen LogP contribution in [-0.4, -0.2) is 49.7 Å². The lowest BCUT2D eigenvalue weighted by Crippen LogP contribution is -2.40. The fourth-order valence-corrected chi connectivity index (χ4v) is 3.43. The van der Waals surface area contributed by atoms with Gasteiger partial charge in [-0.15, -0.1) is 0 Å². The lowest BCUT2D eigenvalue weighted by molar-refractivity contribution is -0.158. The molecule has 0 heterocycles. The van der Waals surface area contributed by atoms with Gasteiger partial charge in [-0.05, 0) is 53.6 Å². The zero-order valence-electron chi connectivity index (χ0n) is 18.8. The number of likely N-dealkylation sites (N-methyl/N-ethyl adjacent to an activating group) is 1. The molecule has 0 radical (unpaired) electrons. The van der Waals surface area contributed by atoms with Gasteiger partial charge in [0, 0.05) is 24.3 Å². The van der Waals surface area contributed by atoms with Gasteiger partial charge >= 0.3 is 5.97 Å². The van der Waals surface area contributed by atoms with Gasteiger partial charge in [-0.2, -0.15) is 0 Å². The Morgan fingerprint density at radius 3 is 2.11 bits per heavy atom. The Hall–Kier alpha value is -1.23. The average molecular weight is 384 g/mol. The number of unbranched alkanes of at least 4 members (excludes halogenated alkanes) is 1. The smallest absolute Gasteiger partial charge is 0.311 e. The molecule has 0 bridgehead atoms. The maximum Gasteiger partial charge on any atom is 0.311 e. The molecule has 5 nitrogen and oxygen atoms in total. The molecule has 0 aromatic rings. The number of nitrogens with zero attached hydrogens (tertiary/aromatic N) is 1. The Labute approximate surface area is 166 Å². The second-order valence-corrected chi connectivity index (χ2v) is 8.82. The van der Waals surface area contributed by atoms with Crippen LogP contribution in [0.1, 0.15) is 80.1 Å². The molecule has 0 aliphatic rings. The minimum Gasteiger partial charge on any atom is -0.464 e. The number of carbonyl (C=O) groups is 3. The van der Waals surface area contributed by atoms with Crippen molar-refractivity contribution in [3.8, 4) is 0 Å². The van der Waals surface area contributed by atoms with E-state index in [1.807, 2.05) is 46.7 Å². The van der Waals surface area contributed by atoms with E-state index in [1.165, 1.54) is 0 Å². The summed E-state index contributed by atoms with van der Waals surface area (Å²) in [5.41, 5.74) is -1.45. The molecule has 0 saturated heterocycles. The summed E-state index contributed by atoms with van der Waals surface area (Å²) in [5, 5.41) is 0. The van der Waals surface area contributed by atoms with Crippen LogP contribution in [0.2, 0.25) is 0 Å². The second kappa shape index (κ2) is 11.6. The zero-order chi connectivity index (χ0) is 21.3. The Balaban J connectivity index is 5.21. The molecule has 5 heteroatoms. The normalized spacial score (nSPS) is 17.1. The van der Waals surface area contributed by atoms with Gasteiger partial charge in [-0.1, -0.05) is 34.1 Å². The molecular formula is C22H41NO4. The number of ketones is 2. The fraction of sp³-hybridized carbons (Fsp3) is 0.864. The summed E-state index contributed by atoms with van der Waals surface area (Å²) in [5.74, 6) is -0.213. The van der Waals surface area contributed by atoms with E-state index >= 15 is 0 Å². The summed E-state index contributed by atoms with van der Waals surface area (Å²) in [6.45, 7) is 12.2. The van der Waals surface area contributed by atoms with E-state index in [2.05, 4.69) is 6.92 Å². The van der Waals surface area contributed by atoms with Crippen molar-refractivity contribution in [1.82, 2.24) is 4.90 Å². The zero-order valence-corrected chi connectivity index (χ0v) is 18.8. The summed E-state index contributed by atoms with van der Waals surface area (Å²) in [4.78, 5) is 39.5. The molecule has 3 unspecified atom stereocenters. The van der Waals surface area contributed by atoms with Crippen molar-refractivity contribution in [2.75, 3.05) is 27.2 Å². The van der Waals surface area contributed by atoms with Crippen LogP contribution in [0.25, 0.3) is 0 Å². The number of ether oxygens (including phenoxy) is 1. The maximum absolute atomic E-state index is 12.7. The molecule has 0 aliphatic heterocycles. The number of esters is 1. The van der Waals surface area contributed by atoms with Gasteiger partial charge in [-0.25, -0.2) is 0 Å². The first-order chi connectivity index (χ1) is 12.4. The largest absolute Gasteiger partial charge is 0.464 e. The second-order valence-electron chi connectivity index (χ2n) is 8.82. The molecule has 0 N–H and O–H groups in total. The van der Waals surface area contributed by atoms with Gasteiger partial charge in [0.15, 0.2) is 0 Å². The number of hydrogen-bond donors (Lipinski definition) is 0. The molecule has 0 aromatic heterocycles. The summed E-state index contributed by atoms with van der Waals surface area (Å²) in [7, 11) is 3.85. The lowest BCUT2D eigenvalue weighted by atomic mass is 9.66. The van der Waals surface area contributed by atoms with Crippen LogP contribution in [-0.2, 0) is 19.1 Å². The van der Waals surface area contributed by atoms with Crippen LogP contribution in [0, 0.1) is 16.7 Å². The molecule has 0 aromatic carbocycles. The van der Waals surface area contributed by atoms with E-state index in [-0.39, 0.29) is 23.5 Å². The van der Waals surface area contributed by atoms with Gasteiger partial charge in [0.1, 0.15) is 18.2 Å². The molecule has 0 saturated carbocycles. The highest BCUT2D eigenvalue weighted by Gasteiger charge is 2.44. The van der Waals surface area contributed by atoms with Crippen molar-refractivity contribution in [3.05, 3.63) is 0 Å². The van der Waals surface area contributed by atoms with Gasteiger partial charge in [-0.3, -0.25) is 14.4 Å². The van der Waals surface area contributed by atoms with Crippen LogP contribution >= 0.6 is 0 Å². The summed E-state index contributed by atoms with van der Waals surface area (Å²) in [6.07, 6.45) is 3.89. The quantitative estimate of drug-likeness (QED) is 0.419. The first kappa shape index (κ1) is 25.8. The van der Waals surface area contributed by atoms with Gasteiger partial charge in [0.05, 0.1) is 5.41 Å². The van der Waals surface area contributed by atoms with E-state index in [4.69, 9.17) is 4.74 Å². The van der Waals surface area contributed by atoms with Gasteiger partial charge in [0.25, 0.3) is 0 Å². The van der Waals surface area contributed by atoms with E-state index in [9.17, 15) is 14.4 Å². The van der Waals surface area contributed by atoms with Crippen molar-refractivity contribution in [3.63, 3.8) is 0 Å². The molecule has 0 aliphatic carbocycles. The number of Topliss-reactive ketones (excluding diaryl/α,β-unsaturated/α-hetero) is 2. The highest BCUT2D eigenvalue weighted by molar-refractivity contribution is 5.86. The topological polar surface area (TPSA) is 63.7 Å². The first-order valence-corrected chi connectivity index (χ1v) is 10.3. The molecule has 0 rings (SSSR count).